The molecule has 0 saturated heterocycles. The second-order valence-corrected chi connectivity index (χ2v) is 6.99. The lowest BCUT2D eigenvalue weighted by Gasteiger charge is -2.13. The molecule has 7 nitrogen and oxygen atoms in total. The van der Waals surface area contributed by atoms with Crippen molar-refractivity contribution in [1.82, 2.24) is 9.97 Å². The molecule has 0 atom stereocenters. The van der Waals surface area contributed by atoms with Crippen LogP contribution in [-0.2, 0) is 0 Å². The number of hydrogen-bond donors (Lipinski definition) is 2. The highest BCUT2D eigenvalue weighted by Crippen LogP contribution is 2.35. The van der Waals surface area contributed by atoms with Gasteiger partial charge in [-0.2, -0.15) is 0 Å². The van der Waals surface area contributed by atoms with E-state index in [9.17, 15) is 4.79 Å². The molecule has 2 N–H and O–H groups in total. The third-order valence-electron chi connectivity index (χ3n) is 4.66. The highest BCUT2D eigenvalue weighted by molar-refractivity contribution is 6.34. The molecule has 0 unspecified atom stereocenters. The van der Waals surface area contributed by atoms with E-state index in [4.69, 9.17) is 21.1 Å². The minimum Gasteiger partial charge on any atom is -0.493 e. The molecule has 1 amide bonds. The molecular formula is C23H19ClN4O3. The van der Waals surface area contributed by atoms with Gasteiger partial charge in [0.1, 0.15) is 12.1 Å². The lowest BCUT2D eigenvalue weighted by atomic mass is 10.2. The van der Waals surface area contributed by atoms with Crippen LogP contribution in [0.15, 0.2) is 67.0 Å². The van der Waals surface area contributed by atoms with Crippen molar-refractivity contribution in [3.8, 4) is 11.5 Å². The van der Waals surface area contributed by atoms with Gasteiger partial charge < -0.3 is 20.1 Å². The first-order valence-electron chi connectivity index (χ1n) is 9.38. The monoisotopic (exact) mass is 434 g/mol. The quantitative estimate of drug-likeness (QED) is 0.428. The summed E-state index contributed by atoms with van der Waals surface area (Å²) in [6.07, 6.45) is 1.46. The minimum absolute atomic E-state index is 0.231. The van der Waals surface area contributed by atoms with Crippen molar-refractivity contribution in [1.29, 1.82) is 0 Å². The summed E-state index contributed by atoms with van der Waals surface area (Å²) in [7, 11) is 3.15. The third kappa shape index (κ3) is 4.36. The van der Waals surface area contributed by atoms with Crippen molar-refractivity contribution >= 4 is 45.6 Å². The van der Waals surface area contributed by atoms with Crippen molar-refractivity contribution in [2.24, 2.45) is 0 Å². The number of fused-ring (bicyclic) bond motifs is 1. The molecule has 0 fully saturated rings. The molecule has 4 rings (SSSR count). The molecule has 0 aliphatic rings. The molecule has 1 aromatic heterocycles. The number of benzene rings is 3. The number of ether oxygens (including phenoxy) is 2. The van der Waals surface area contributed by atoms with E-state index >= 15 is 0 Å². The van der Waals surface area contributed by atoms with Crippen LogP contribution in [0.2, 0.25) is 5.02 Å². The van der Waals surface area contributed by atoms with Crippen molar-refractivity contribution < 1.29 is 14.3 Å². The standard InChI is InChI=1S/C23H19ClN4O3/c1-30-20-11-16-19(12-21(20)31-2)25-13-26-22(16)27-15-8-9-18(17(24)10-15)28-23(29)14-6-4-3-5-7-14/h3-13H,1-2H3,(H,28,29)(H,25,26,27). The zero-order valence-electron chi connectivity index (χ0n) is 16.8. The molecule has 156 valence electrons. The Balaban J connectivity index is 1.59. The van der Waals surface area contributed by atoms with Gasteiger partial charge in [0.05, 0.1) is 30.4 Å². The first kappa shape index (κ1) is 20.4. The average molecular weight is 435 g/mol. The van der Waals surface area contributed by atoms with Gasteiger partial charge in [-0.15, -0.1) is 0 Å². The van der Waals surface area contributed by atoms with E-state index in [0.29, 0.717) is 44.8 Å². The third-order valence-corrected chi connectivity index (χ3v) is 4.97. The summed E-state index contributed by atoms with van der Waals surface area (Å²) in [5.74, 6) is 1.51. The van der Waals surface area contributed by atoms with Crippen molar-refractivity contribution in [2.75, 3.05) is 24.9 Å². The molecule has 0 spiro atoms. The van der Waals surface area contributed by atoms with E-state index in [1.54, 1.807) is 62.8 Å². The second kappa shape index (κ2) is 8.89. The normalized spacial score (nSPS) is 10.5. The van der Waals surface area contributed by atoms with Gasteiger partial charge in [-0.05, 0) is 36.4 Å². The van der Waals surface area contributed by atoms with Gasteiger partial charge in [0, 0.05) is 22.7 Å². The van der Waals surface area contributed by atoms with Gasteiger partial charge >= 0.3 is 0 Å². The molecule has 8 heteroatoms. The maximum Gasteiger partial charge on any atom is 0.255 e. The number of methoxy groups -OCH3 is 2. The van der Waals surface area contributed by atoms with Gasteiger partial charge in [0.25, 0.3) is 5.91 Å². The first-order chi connectivity index (χ1) is 15.1. The molecule has 3 aromatic carbocycles. The maximum atomic E-state index is 12.4. The van der Waals surface area contributed by atoms with E-state index in [1.165, 1.54) is 6.33 Å². The Morgan fingerprint density at radius 1 is 0.935 bits per heavy atom. The first-order valence-corrected chi connectivity index (χ1v) is 9.76. The smallest absolute Gasteiger partial charge is 0.255 e. The molecule has 0 bridgehead atoms. The Labute approximate surface area is 184 Å². The summed E-state index contributed by atoms with van der Waals surface area (Å²) >= 11 is 6.41. The second-order valence-electron chi connectivity index (χ2n) is 6.59. The summed E-state index contributed by atoms with van der Waals surface area (Å²) in [5.41, 5.74) is 2.48. The summed E-state index contributed by atoms with van der Waals surface area (Å²) in [5, 5.41) is 7.22. The van der Waals surface area contributed by atoms with Gasteiger partial charge in [-0.1, -0.05) is 29.8 Å². The van der Waals surface area contributed by atoms with Crippen LogP contribution in [0.3, 0.4) is 0 Å². The van der Waals surface area contributed by atoms with E-state index in [-0.39, 0.29) is 5.91 Å². The number of rotatable bonds is 6. The van der Waals surface area contributed by atoms with Crippen LogP contribution >= 0.6 is 11.6 Å². The molecule has 0 saturated carbocycles. The van der Waals surface area contributed by atoms with Crippen LogP contribution in [0.1, 0.15) is 10.4 Å². The highest BCUT2D eigenvalue weighted by atomic mass is 35.5. The SMILES string of the molecule is COc1cc2ncnc(Nc3ccc(NC(=O)c4ccccc4)c(Cl)c3)c2cc1OC. The zero-order chi connectivity index (χ0) is 21.8. The Hall–Kier alpha value is -3.84. The molecule has 0 aliphatic carbocycles. The molecule has 31 heavy (non-hydrogen) atoms. The predicted molar refractivity (Wildman–Crippen MR) is 122 cm³/mol. The number of halogens is 1. The number of aromatic nitrogens is 2. The largest absolute Gasteiger partial charge is 0.493 e. The zero-order valence-corrected chi connectivity index (χ0v) is 17.6. The van der Waals surface area contributed by atoms with Gasteiger partial charge in [-0.3, -0.25) is 4.79 Å². The number of nitrogens with zero attached hydrogens (tertiary/aromatic N) is 2. The minimum atomic E-state index is -0.231. The van der Waals surface area contributed by atoms with E-state index in [2.05, 4.69) is 20.6 Å². The number of hydrogen-bond acceptors (Lipinski definition) is 6. The van der Waals surface area contributed by atoms with Gasteiger partial charge in [-0.25, -0.2) is 9.97 Å². The number of carbonyl (C=O) groups excluding carboxylic acids is 1. The van der Waals surface area contributed by atoms with Crippen LogP contribution in [0.5, 0.6) is 11.5 Å². The fraction of sp³-hybridized carbons (Fsp3) is 0.0870. The van der Waals surface area contributed by atoms with E-state index < -0.39 is 0 Å². The molecule has 0 aliphatic heterocycles. The van der Waals surface area contributed by atoms with Crippen LogP contribution in [-0.4, -0.2) is 30.1 Å². The fourth-order valence-corrected chi connectivity index (χ4v) is 3.33. The lowest BCUT2D eigenvalue weighted by molar-refractivity contribution is 0.102. The maximum absolute atomic E-state index is 12.4. The number of anilines is 3. The highest BCUT2D eigenvalue weighted by Gasteiger charge is 2.13. The van der Waals surface area contributed by atoms with Crippen LogP contribution in [0, 0.1) is 0 Å². The summed E-state index contributed by atoms with van der Waals surface area (Å²) in [6.45, 7) is 0. The lowest BCUT2D eigenvalue weighted by Crippen LogP contribution is -2.12. The Morgan fingerprint density at radius 3 is 2.39 bits per heavy atom. The van der Waals surface area contributed by atoms with Crippen molar-refractivity contribution in [3.63, 3.8) is 0 Å². The topological polar surface area (TPSA) is 85.4 Å². The number of nitrogens with one attached hydrogen (secondary N) is 2. The van der Waals surface area contributed by atoms with Crippen LogP contribution in [0.25, 0.3) is 10.9 Å². The summed E-state index contributed by atoms with van der Waals surface area (Å²) < 4.78 is 10.7. The van der Waals surface area contributed by atoms with E-state index in [1.807, 2.05) is 12.1 Å². The van der Waals surface area contributed by atoms with Crippen LogP contribution < -0.4 is 20.1 Å². The van der Waals surface area contributed by atoms with E-state index in [0.717, 1.165) is 5.39 Å². The summed E-state index contributed by atoms with van der Waals surface area (Å²) in [4.78, 5) is 21.0. The molecule has 1 heterocycles. The fourth-order valence-electron chi connectivity index (χ4n) is 3.10. The van der Waals surface area contributed by atoms with Gasteiger partial charge in [0.15, 0.2) is 11.5 Å². The predicted octanol–water partition coefficient (Wildman–Crippen LogP) is 5.30. The number of carbonyl (C=O) groups is 1. The molecule has 0 radical (unpaired) electrons. The average Bonchev–Trinajstić information content (AvgIpc) is 2.80. The Morgan fingerprint density at radius 2 is 1.68 bits per heavy atom. The molecular weight excluding hydrogens is 416 g/mol. The number of amides is 1. The van der Waals surface area contributed by atoms with Crippen LogP contribution in [0.4, 0.5) is 17.2 Å². The Bertz CT molecular complexity index is 1250. The Kier molecular flexibility index (Phi) is 5.86. The van der Waals surface area contributed by atoms with Crippen molar-refractivity contribution in [3.05, 3.63) is 77.6 Å². The summed E-state index contributed by atoms with van der Waals surface area (Å²) in [6, 6.07) is 17.8. The van der Waals surface area contributed by atoms with Crippen molar-refractivity contribution in [2.45, 2.75) is 0 Å². The van der Waals surface area contributed by atoms with Gasteiger partial charge in [0.2, 0.25) is 0 Å². The molecule has 4 aromatic rings.